The van der Waals surface area contributed by atoms with Crippen molar-refractivity contribution in [2.75, 3.05) is 0 Å². The number of rotatable bonds is 3. The third-order valence-corrected chi connectivity index (χ3v) is 6.54. The molecule has 0 radical (unpaired) electrons. The van der Waals surface area contributed by atoms with Crippen LogP contribution in [0.5, 0.6) is 0 Å². The van der Waals surface area contributed by atoms with Crippen molar-refractivity contribution in [1.82, 2.24) is 19.8 Å². The summed E-state index contributed by atoms with van der Waals surface area (Å²) in [6, 6.07) is 9.56. The minimum absolute atomic E-state index is 0. The minimum atomic E-state index is -4.41. The maximum Gasteiger partial charge on any atom is 0.416 e. The largest absolute Gasteiger partial charge is 0.416 e. The van der Waals surface area contributed by atoms with Crippen molar-refractivity contribution >= 4 is 30.1 Å². The monoisotopic (exact) mass is 518 g/mol. The van der Waals surface area contributed by atoms with Crippen LogP contribution in [0.3, 0.4) is 0 Å². The van der Waals surface area contributed by atoms with Gasteiger partial charge in [-0.05, 0) is 43.2 Å². The van der Waals surface area contributed by atoms with Crippen LogP contribution in [0.2, 0.25) is 0 Å². The minimum Gasteiger partial charge on any atom is -0.327 e. The van der Waals surface area contributed by atoms with Crippen LogP contribution < -0.4 is 5.32 Å². The summed E-state index contributed by atoms with van der Waals surface area (Å²) in [5.74, 6) is -0.468. The first kappa shape index (κ1) is 25.4. The molecule has 3 aromatic rings. The van der Waals surface area contributed by atoms with Crippen molar-refractivity contribution in [3.8, 4) is 22.6 Å². The zero-order chi connectivity index (χ0) is 25.1. The highest BCUT2D eigenvalue weighted by atomic mass is 35.5. The quantitative estimate of drug-likeness (QED) is 0.525. The fourth-order valence-corrected chi connectivity index (χ4v) is 4.83. The maximum absolute atomic E-state index is 12.9. The van der Waals surface area contributed by atoms with Gasteiger partial charge in [-0.15, -0.1) is 12.4 Å². The molecule has 3 amide bonds. The zero-order valence-electron chi connectivity index (χ0n) is 19.3. The number of halogens is 4. The third-order valence-electron chi connectivity index (χ3n) is 6.54. The Labute approximate surface area is 210 Å². The van der Waals surface area contributed by atoms with Crippen molar-refractivity contribution in [3.63, 3.8) is 0 Å². The Hall–Kier alpha value is -3.66. The molecule has 1 fully saturated rings. The number of benzene rings is 2. The second-order valence-electron chi connectivity index (χ2n) is 8.78. The number of carbonyl (C=O) groups excluding carboxylic acids is 3. The third kappa shape index (κ3) is 4.26. The number of nitrogens with zero attached hydrogens (tertiary/aromatic N) is 3. The number of hydrogen-bond acceptors (Lipinski definition) is 4. The molecule has 3 heterocycles. The summed E-state index contributed by atoms with van der Waals surface area (Å²) in [7, 11) is 1.79. The van der Waals surface area contributed by atoms with Gasteiger partial charge in [-0.3, -0.25) is 19.7 Å². The second kappa shape index (κ2) is 9.09. The molecule has 0 saturated carbocycles. The lowest BCUT2D eigenvalue weighted by atomic mass is 10.0. The van der Waals surface area contributed by atoms with Crippen LogP contribution >= 0.6 is 12.4 Å². The summed E-state index contributed by atoms with van der Waals surface area (Å²) >= 11 is 0. The van der Waals surface area contributed by atoms with E-state index in [1.807, 2.05) is 10.6 Å². The first-order valence-electron chi connectivity index (χ1n) is 11.0. The molecule has 1 saturated heterocycles. The molecule has 0 bridgehead atoms. The van der Waals surface area contributed by atoms with Gasteiger partial charge in [0.25, 0.3) is 5.91 Å². The Balaban J connectivity index is 0.00000304. The molecule has 0 aliphatic carbocycles. The standard InChI is InChI=1S/C25H21F3N4O3.ClH/c1-13-21(14-3-6-17(7-4-14)25(26,27)28)31(2)22(29-13)15-5-8-18-16(11-15)12-32(24(18)35)19-9-10-20(33)30-23(19)34;/h3-8,11,19H,9-10,12H2,1-2H3,(H,30,33,34);1H. The van der Waals surface area contributed by atoms with E-state index in [0.717, 1.165) is 23.3 Å². The van der Waals surface area contributed by atoms with Gasteiger partial charge < -0.3 is 9.47 Å². The molecule has 2 aliphatic heterocycles. The lowest BCUT2D eigenvalue weighted by Crippen LogP contribution is -2.52. The average Bonchev–Trinajstić information content (AvgIpc) is 3.28. The summed E-state index contributed by atoms with van der Waals surface area (Å²) in [5.41, 5.74) is 3.22. The molecule has 1 unspecified atom stereocenters. The number of hydrogen-bond donors (Lipinski definition) is 1. The van der Waals surface area contributed by atoms with Gasteiger partial charge >= 0.3 is 6.18 Å². The smallest absolute Gasteiger partial charge is 0.327 e. The summed E-state index contributed by atoms with van der Waals surface area (Å²) < 4.78 is 40.7. The van der Waals surface area contributed by atoms with Crippen LogP contribution in [-0.4, -0.2) is 38.2 Å². The summed E-state index contributed by atoms with van der Waals surface area (Å²) in [6.45, 7) is 2.03. The van der Waals surface area contributed by atoms with Crippen LogP contribution in [0.4, 0.5) is 13.2 Å². The number of piperidine rings is 1. The first-order valence-corrected chi connectivity index (χ1v) is 11.0. The number of carbonyl (C=O) groups is 3. The number of imide groups is 1. The van der Waals surface area contributed by atoms with Crippen molar-refractivity contribution < 1.29 is 27.6 Å². The van der Waals surface area contributed by atoms with Gasteiger partial charge in [-0.2, -0.15) is 13.2 Å². The van der Waals surface area contributed by atoms with Gasteiger partial charge in [-0.1, -0.05) is 18.2 Å². The topological polar surface area (TPSA) is 84.3 Å². The van der Waals surface area contributed by atoms with E-state index >= 15 is 0 Å². The predicted octanol–water partition coefficient (Wildman–Crippen LogP) is 4.26. The highest BCUT2D eigenvalue weighted by Crippen LogP contribution is 2.35. The van der Waals surface area contributed by atoms with E-state index in [4.69, 9.17) is 0 Å². The molecule has 0 spiro atoms. The number of aryl methyl sites for hydroxylation is 1. The van der Waals surface area contributed by atoms with E-state index in [9.17, 15) is 27.6 Å². The van der Waals surface area contributed by atoms with E-state index in [0.29, 0.717) is 28.3 Å². The van der Waals surface area contributed by atoms with Crippen LogP contribution in [-0.2, 0) is 29.4 Å². The zero-order valence-corrected chi connectivity index (χ0v) is 20.2. The van der Waals surface area contributed by atoms with Gasteiger partial charge in [0.05, 0.1) is 17.0 Å². The van der Waals surface area contributed by atoms with Crippen molar-refractivity contribution in [3.05, 3.63) is 64.8 Å². The molecule has 2 aromatic carbocycles. The SMILES string of the molecule is Cc1nc(-c2ccc3c(c2)CN(C2CCC(=O)NC2=O)C3=O)n(C)c1-c1ccc(C(F)(F)F)cc1.Cl. The second-order valence-corrected chi connectivity index (χ2v) is 8.78. The Bertz CT molecular complexity index is 1380. The Morgan fingerprint density at radius 2 is 1.69 bits per heavy atom. The molecular weight excluding hydrogens is 497 g/mol. The van der Waals surface area contributed by atoms with Crippen molar-refractivity contribution in [2.24, 2.45) is 7.05 Å². The molecule has 188 valence electrons. The van der Waals surface area contributed by atoms with Crippen molar-refractivity contribution in [2.45, 2.75) is 38.5 Å². The van der Waals surface area contributed by atoms with Crippen LogP contribution in [0.15, 0.2) is 42.5 Å². The molecule has 36 heavy (non-hydrogen) atoms. The van der Waals surface area contributed by atoms with E-state index in [1.54, 1.807) is 26.1 Å². The number of aromatic nitrogens is 2. The molecule has 1 atom stereocenters. The lowest BCUT2D eigenvalue weighted by Gasteiger charge is -2.29. The Kier molecular flexibility index (Phi) is 6.42. The molecule has 5 rings (SSSR count). The number of imidazole rings is 1. The predicted molar refractivity (Wildman–Crippen MR) is 127 cm³/mol. The van der Waals surface area contributed by atoms with E-state index in [2.05, 4.69) is 10.3 Å². The fourth-order valence-electron chi connectivity index (χ4n) is 4.83. The summed E-state index contributed by atoms with van der Waals surface area (Å²) in [5, 5.41) is 2.29. The molecule has 7 nitrogen and oxygen atoms in total. The lowest BCUT2D eigenvalue weighted by molar-refractivity contribution is -0.138. The number of alkyl halides is 3. The van der Waals surface area contributed by atoms with E-state index in [1.165, 1.54) is 17.0 Å². The molecule has 1 N–H and O–H groups in total. The van der Waals surface area contributed by atoms with Crippen LogP contribution in [0.25, 0.3) is 22.6 Å². The molecular formula is C25H22ClF3N4O3. The fraction of sp³-hybridized carbons (Fsp3) is 0.280. The number of amides is 3. The first-order chi connectivity index (χ1) is 16.5. The summed E-state index contributed by atoms with van der Waals surface area (Å²) in [6.07, 6.45) is -3.94. The Morgan fingerprint density at radius 3 is 2.33 bits per heavy atom. The van der Waals surface area contributed by atoms with E-state index in [-0.39, 0.29) is 43.6 Å². The normalized spacial score (nSPS) is 17.6. The molecule has 1 aromatic heterocycles. The van der Waals surface area contributed by atoms with Gasteiger partial charge in [0.15, 0.2) is 0 Å². The molecule has 2 aliphatic rings. The summed E-state index contributed by atoms with van der Waals surface area (Å²) in [4.78, 5) is 42.8. The average molecular weight is 519 g/mol. The van der Waals surface area contributed by atoms with Crippen molar-refractivity contribution in [1.29, 1.82) is 0 Å². The maximum atomic E-state index is 12.9. The van der Waals surface area contributed by atoms with Gasteiger partial charge in [0.2, 0.25) is 11.8 Å². The van der Waals surface area contributed by atoms with Gasteiger partial charge in [-0.25, -0.2) is 4.98 Å². The van der Waals surface area contributed by atoms with E-state index < -0.39 is 23.7 Å². The van der Waals surface area contributed by atoms with Crippen LogP contribution in [0, 0.1) is 6.92 Å². The molecule has 11 heteroatoms. The highest BCUT2D eigenvalue weighted by Gasteiger charge is 2.39. The van der Waals surface area contributed by atoms with Gasteiger partial charge in [0, 0.05) is 36.7 Å². The number of nitrogens with one attached hydrogen (secondary N) is 1. The highest BCUT2D eigenvalue weighted by molar-refractivity contribution is 6.05. The van der Waals surface area contributed by atoms with Gasteiger partial charge in [0.1, 0.15) is 11.9 Å². The number of fused-ring (bicyclic) bond motifs is 1. The van der Waals surface area contributed by atoms with Crippen LogP contribution in [0.1, 0.15) is 40.0 Å². The Morgan fingerprint density at radius 1 is 1.03 bits per heavy atom.